The number of nitrogens with one attached hydrogen (secondary N) is 1. The summed E-state index contributed by atoms with van der Waals surface area (Å²) >= 11 is 1.65. The average molecular weight is 419 g/mol. The van der Waals surface area contributed by atoms with Crippen LogP contribution in [0.15, 0.2) is 48.1 Å². The molecule has 0 radical (unpaired) electrons. The summed E-state index contributed by atoms with van der Waals surface area (Å²) < 4.78 is 1.64. The molecule has 0 unspecified atom stereocenters. The van der Waals surface area contributed by atoms with Gasteiger partial charge in [-0.15, -0.1) is 11.3 Å². The summed E-state index contributed by atoms with van der Waals surface area (Å²) in [5, 5.41) is 10.9. The SMILES string of the molecule is CN(C)C(=O)Cn1cc(Nc2nc(C3CC3)nc3scc(-c4ccccc4)c23)cn1. The molecule has 0 bridgehead atoms. The average Bonchev–Trinajstić information content (AvgIpc) is 3.37. The number of fused-ring (bicyclic) bond motifs is 1. The lowest BCUT2D eigenvalue weighted by atomic mass is 10.1. The van der Waals surface area contributed by atoms with Gasteiger partial charge in [0.15, 0.2) is 0 Å². The number of likely N-dealkylation sites (N-methyl/N-ethyl adjacent to an activating group) is 1. The smallest absolute Gasteiger partial charge is 0.243 e. The zero-order chi connectivity index (χ0) is 20.7. The van der Waals surface area contributed by atoms with Crippen molar-refractivity contribution in [1.29, 1.82) is 0 Å². The van der Waals surface area contributed by atoms with Crippen molar-refractivity contribution in [2.45, 2.75) is 25.3 Å². The molecule has 1 saturated carbocycles. The van der Waals surface area contributed by atoms with E-state index in [0.717, 1.165) is 51.5 Å². The van der Waals surface area contributed by atoms with Crippen LogP contribution >= 0.6 is 11.3 Å². The van der Waals surface area contributed by atoms with Gasteiger partial charge in [-0.3, -0.25) is 9.48 Å². The summed E-state index contributed by atoms with van der Waals surface area (Å²) in [6.45, 7) is 0.203. The summed E-state index contributed by atoms with van der Waals surface area (Å²) in [7, 11) is 3.48. The van der Waals surface area contributed by atoms with Crippen molar-refractivity contribution in [3.05, 3.63) is 53.9 Å². The Morgan fingerprint density at radius 3 is 2.77 bits per heavy atom. The summed E-state index contributed by atoms with van der Waals surface area (Å²) in [4.78, 5) is 24.3. The molecule has 7 nitrogen and oxygen atoms in total. The Morgan fingerprint density at radius 1 is 1.23 bits per heavy atom. The zero-order valence-electron chi connectivity index (χ0n) is 16.9. The van der Waals surface area contributed by atoms with E-state index < -0.39 is 0 Å². The van der Waals surface area contributed by atoms with Gasteiger partial charge in [-0.05, 0) is 18.4 Å². The molecule has 0 atom stereocenters. The van der Waals surface area contributed by atoms with Crippen molar-refractivity contribution < 1.29 is 4.79 Å². The molecule has 1 aromatic carbocycles. The molecule has 1 amide bonds. The number of amides is 1. The molecule has 3 aromatic heterocycles. The Kier molecular flexibility index (Phi) is 4.71. The van der Waals surface area contributed by atoms with Crippen molar-refractivity contribution in [3.8, 4) is 11.1 Å². The lowest BCUT2D eigenvalue weighted by molar-refractivity contribution is -0.129. The molecular formula is C22H22N6OS. The Bertz CT molecular complexity index is 1210. The molecule has 1 N–H and O–H groups in total. The first-order valence-corrected chi connectivity index (χ1v) is 10.8. The van der Waals surface area contributed by atoms with E-state index in [1.807, 2.05) is 24.4 Å². The lowest BCUT2D eigenvalue weighted by Crippen LogP contribution is -2.26. The number of benzene rings is 1. The van der Waals surface area contributed by atoms with Crippen LogP contribution in [0.25, 0.3) is 21.3 Å². The van der Waals surface area contributed by atoms with Gasteiger partial charge in [0.05, 0.1) is 17.3 Å². The number of hydrogen-bond donors (Lipinski definition) is 1. The van der Waals surface area contributed by atoms with Crippen LogP contribution in [-0.4, -0.2) is 44.7 Å². The maximum Gasteiger partial charge on any atom is 0.243 e. The number of hydrogen-bond acceptors (Lipinski definition) is 6. The second-order valence-electron chi connectivity index (χ2n) is 7.74. The summed E-state index contributed by atoms with van der Waals surface area (Å²) in [5.74, 6) is 2.15. The van der Waals surface area contributed by atoms with Gasteiger partial charge in [0.25, 0.3) is 0 Å². The Balaban J connectivity index is 1.53. The van der Waals surface area contributed by atoms with E-state index in [9.17, 15) is 4.79 Å². The van der Waals surface area contributed by atoms with Gasteiger partial charge in [0, 0.05) is 37.2 Å². The fourth-order valence-electron chi connectivity index (χ4n) is 3.33. The van der Waals surface area contributed by atoms with Crippen LogP contribution in [0.3, 0.4) is 0 Å². The quantitative estimate of drug-likeness (QED) is 0.506. The second kappa shape index (κ2) is 7.53. The number of carbonyl (C=O) groups excluding carboxylic acids is 1. The topological polar surface area (TPSA) is 75.9 Å². The number of thiophene rings is 1. The van der Waals surface area contributed by atoms with E-state index in [2.05, 4.69) is 27.9 Å². The van der Waals surface area contributed by atoms with Crippen LogP contribution in [0.1, 0.15) is 24.6 Å². The molecule has 4 aromatic rings. The predicted molar refractivity (Wildman–Crippen MR) is 119 cm³/mol. The van der Waals surface area contributed by atoms with Gasteiger partial charge in [-0.25, -0.2) is 9.97 Å². The first-order valence-electron chi connectivity index (χ1n) is 9.92. The van der Waals surface area contributed by atoms with Gasteiger partial charge in [0.1, 0.15) is 23.0 Å². The molecule has 0 aliphatic heterocycles. The van der Waals surface area contributed by atoms with Crippen molar-refractivity contribution in [3.63, 3.8) is 0 Å². The minimum absolute atomic E-state index is 0.00528. The number of aromatic nitrogens is 4. The van der Waals surface area contributed by atoms with E-state index in [1.54, 1.807) is 41.2 Å². The maximum atomic E-state index is 12.0. The van der Waals surface area contributed by atoms with Gasteiger partial charge in [-0.1, -0.05) is 30.3 Å². The van der Waals surface area contributed by atoms with E-state index in [1.165, 1.54) is 0 Å². The van der Waals surface area contributed by atoms with Crippen molar-refractivity contribution in [1.82, 2.24) is 24.6 Å². The lowest BCUT2D eigenvalue weighted by Gasteiger charge is -2.10. The van der Waals surface area contributed by atoms with Crippen LogP contribution in [0.5, 0.6) is 0 Å². The van der Waals surface area contributed by atoms with Gasteiger partial charge >= 0.3 is 0 Å². The van der Waals surface area contributed by atoms with Crippen LogP contribution in [0.2, 0.25) is 0 Å². The third-order valence-corrected chi connectivity index (χ3v) is 6.04. The fourth-order valence-corrected chi connectivity index (χ4v) is 4.29. The van der Waals surface area contributed by atoms with Gasteiger partial charge in [-0.2, -0.15) is 5.10 Å². The third-order valence-electron chi connectivity index (χ3n) is 5.17. The van der Waals surface area contributed by atoms with E-state index in [0.29, 0.717) is 5.92 Å². The van der Waals surface area contributed by atoms with Crippen LogP contribution in [-0.2, 0) is 11.3 Å². The third kappa shape index (κ3) is 3.66. The van der Waals surface area contributed by atoms with Crippen LogP contribution < -0.4 is 5.32 Å². The van der Waals surface area contributed by atoms with Crippen molar-refractivity contribution >= 4 is 39.0 Å². The second-order valence-corrected chi connectivity index (χ2v) is 8.60. The summed E-state index contributed by atoms with van der Waals surface area (Å²) in [5.41, 5.74) is 3.06. The number of anilines is 2. The van der Waals surface area contributed by atoms with E-state index in [-0.39, 0.29) is 12.5 Å². The largest absolute Gasteiger partial charge is 0.347 e. The Hall–Kier alpha value is -3.26. The molecule has 152 valence electrons. The Labute approximate surface area is 178 Å². The van der Waals surface area contributed by atoms with Gasteiger partial charge < -0.3 is 10.2 Å². The maximum absolute atomic E-state index is 12.0. The fraction of sp³-hybridized carbons (Fsp3) is 0.273. The van der Waals surface area contributed by atoms with Gasteiger partial charge in [0.2, 0.25) is 5.91 Å². The molecular weight excluding hydrogens is 396 g/mol. The number of carbonyl (C=O) groups is 1. The molecule has 0 saturated heterocycles. The standard InChI is InChI=1S/C22H22N6OS/c1-27(2)18(29)12-28-11-16(10-23-28)24-21-19-17(14-6-4-3-5-7-14)13-30-22(19)26-20(25-21)15-8-9-15/h3-7,10-11,13,15H,8-9,12H2,1-2H3,(H,24,25,26). The molecule has 1 aliphatic rings. The van der Waals surface area contributed by atoms with E-state index >= 15 is 0 Å². The Morgan fingerprint density at radius 2 is 2.03 bits per heavy atom. The molecule has 0 spiro atoms. The molecule has 8 heteroatoms. The number of nitrogens with zero attached hydrogens (tertiary/aromatic N) is 5. The summed E-state index contributed by atoms with van der Waals surface area (Å²) in [6.07, 6.45) is 5.85. The summed E-state index contributed by atoms with van der Waals surface area (Å²) in [6, 6.07) is 10.3. The molecule has 1 aliphatic carbocycles. The molecule has 1 fully saturated rings. The molecule has 5 rings (SSSR count). The van der Waals surface area contributed by atoms with Crippen LogP contribution in [0, 0.1) is 0 Å². The molecule has 3 heterocycles. The minimum atomic E-state index is -0.00528. The number of rotatable bonds is 6. The highest BCUT2D eigenvalue weighted by molar-refractivity contribution is 7.17. The van der Waals surface area contributed by atoms with Crippen molar-refractivity contribution in [2.24, 2.45) is 0 Å². The van der Waals surface area contributed by atoms with E-state index in [4.69, 9.17) is 9.97 Å². The molecule has 30 heavy (non-hydrogen) atoms. The minimum Gasteiger partial charge on any atom is -0.347 e. The first kappa shape index (κ1) is 18.7. The highest BCUT2D eigenvalue weighted by atomic mass is 32.1. The first-order chi connectivity index (χ1) is 14.6. The van der Waals surface area contributed by atoms with Crippen LogP contribution in [0.4, 0.5) is 11.5 Å². The highest BCUT2D eigenvalue weighted by Crippen LogP contribution is 2.43. The predicted octanol–water partition coefficient (Wildman–Crippen LogP) is 4.26. The monoisotopic (exact) mass is 418 g/mol. The van der Waals surface area contributed by atoms with Crippen molar-refractivity contribution in [2.75, 3.05) is 19.4 Å². The normalized spacial score (nSPS) is 13.5. The highest BCUT2D eigenvalue weighted by Gasteiger charge is 2.28. The zero-order valence-corrected chi connectivity index (χ0v) is 17.7.